The highest BCUT2D eigenvalue weighted by Crippen LogP contribution is 2.28. The zero-order chi connectivity index (χ0) is 18.5. The number of rotatable bonds is 6. The van der Waals surface area contributed by atoms with Gasteiger partial charge in [-0.05, 0) is 24.1 Å². The molecule has 1 heterocycles. The van der Waals surface area contributed by atoms with Gasteiger partial charge in [0.2, 0.25) is 5.89 Å². The maximum Gasteiger partial charge on any atom is 0.302 e. The largest absolute Gasteiger partial charge is 0.465 e. The van der Waals surface area contributed by atoms with Gasteiger partial charge in [-0.3, -0.25) is 4.79 Å². The highest BCUT2D eigenvalue weighted by atomic mass is 19.1. The molecule has 0 radical (unpaired) electrons. The van der Waals surface area contributed by atoms with Crippen LogP contribution in [0.4, 0.5) is 4.39 Å². The van der Waals surface area contributed by atoms with Crippen LogP contribution in [0.5, 0.6) is 0 Å². The summed E-state index contributed by atoms with van der Waals surface area (Å²) in [5.74, 6) is -0.0420. The van der Waals surface area contributed by atoms with Crippen LogP contribution in [0.25, 0.3) is 11.1 Å². The molecule has 6 heteroatoms. The molecule has 0 saturated heterocycles. The minimum Gasteiger partial charge on any atom is -0.465 e. The van der Waals surface area contributed by atoms with E-state index < -0.39 is 0 Å². The molecule has 3 aromatic rings. The summed E-state index contributed by atoms with van der Waals surface area (Å²) < 4.78 is 24.7. The van der Waals surface area contributed by atoms with Crippen LogP contribution in [0.2, 0.25) is 0 Å². The molecule has 0 amide bonds. The second-order valence-corrected chi connectivity index (χ2v) is 5.97. The molecule has 3 rings (SSSR count). The Morgan fingerprint density at radius 1 is 1.23 bits per heavy atom. The first kappa shape index (κ1) is 17.8. The SMILES string of the molecule is CC(=O)OCCc1noc(C(C)c2ccc(-c3ccccc3)c(F)c2)n1. The quantitative estimate of drug-likeness (QED) is 0.623. The third kappa shape index (κ3) is 4.14. The lowest BCUT2D eigenvalue weighted by Gasteiger charge is -2.10. The highest BCUT2D eigenvalue weighted by molar-refractivity contribution is 5.66. The van der Waals surface area contributed by atoms with Crippen molar-refractivity contribution in [1.82, 2.24) is 10.1 Å². The van der Waals surface area contributed by atoms with Gasteiger partial charge >= 0.3 is 5.97 Å². The lowest BCUT2D eigenvalue weighted by Crippen LogP contribution is -2.04. The van der Waals surface area contributed by atoms with Crippen molar-refractivity contribution in [2.24, 2.45) is 0 Å². The molecule has 1 aromatic heterocycles. The van der Waals surface area contributed by atoms with Crippen molar-refractivity contribution >= 4 is 5.97 Å². The van der Waals surface area contributed by atoms with Crippen molar-refractivity contribution in [2.45, 2.75) is 26.2 Å². The van der Waals surface area contributed by atoms with Crippen molar-refractivity contribution in [2.75, 3.05) is 6.61 Å². The first-order chi connectivity index (χ1) is 12.5. The molecule has 134 valence electrons. The van der Waals surface area contributed by atoms with Gasteiger partial charge in [-0.15, -0.1) is 0 Å². The monoisotopic (exact) mass is 354 g/mol. The Bertz CT molecular complexity index is 893. The Labute approximate surface area is 150 Å². The molecule has 0 saturated carbocycles. The van der Waals surface area contributed by atoms with Crippen molar-refractivity contribution < 1.29 is 18.4 Å². The number of carbonyl (C=O) groups excluding carboxylic acids is 1. The summed E-state index contributed by atoms with van der Waals surface area (Å²) >= 11 is 0. The van der Waals surface area contributed by atoms with E-state index in [1.807, 2.05) is 43.3 Å². The summed E-state index contributed by atoms with van der Waals surface area (Å²) in [5, 5.41) is 3.88. The highest BCUT2D eigenvalue weighted by Gasteiger charge is 2.18. The van der Waals surface area contributed by atoms with Gasteiger partial charge in [0, 0.05) is 18.9 Å². The molecule has 0 bridgehead atoms. The average Bonchev–Trinajstić information content (AvgIpc) is 3.10. The molecule has 5 nitrogen and oxygen atoms in total. The maximum atomic E-state index is 14.5. The number of halogens is 1. The van der Waals surface area contributed by atoms with Gasteiger partial charge in [0.1, 0.15) is 5.82 Å². The predicted molar refractivity (Wildman–Crippen MR) is 94.0 cm³/mol. The Morgan fingerprint density at radius 3 is 2.69 bits per heavy atom. The van der Waals surface area contributed by atoms with E-state index in [0.717, 1.165) is 11.1 Å². The molecule has 1 atom stereocenters. The van der Waals surface area contributed by atoms with E-state index in [1.165, 1.54) is 13.0 Å². The van der Waals surface area contributed by atoms with E-state index in [1.54, 1.807) is 6.07 Å². The molecule has 26 heavy (non-hydrogen) atoms. The Kier molecular flexibility index (Phi) is 5.41. The lowest BCUT2D eigenvalue weighted by atomic mass is 9.97. The summed E-state index contributed by atoms with van der Waals surface area (Å²) in [6.07, 6.45) is 0.372. The molecule has 1 unspecified atom stereocenters. The van der Waals surface area contributed by atoms with Crippen molar-refractivity contribution in [3.8, 4) is 11.1 Å². The van der Waals surface area contributed by atoms with Gasteiger partial charge in [0.15, 0.2) is 5.82 Å². The molecule has 0 aliphatic heterocycles. The molecule has 0 spiro atoms. The van der Waals surface area contributed by atoms with Gasteiger partial charge < -0.3 is 9.26 Å². The van der Waals surface area contributed by atoms with Crippen molar-refractivity contribution in [3.05, 3.63) is 71.6 Å². The molecular formula is C20H19FN2O3. The Hall–Kier alpha value is -3.02. The van der Waals surface area contributed by atoms with Gasteiger partial charge in [0.05, 0.1) is 12.5 Å². The number of aromatic nitrogens is 2. The van der Waals surface area contributed by atoms with Crippen LogP contribution in [0.1, 0.15) is 37.0 Å². The van der Waals surface area contributed by atoms with Crippen molar-refractivity contribution in [1.29, 1.82) is 0 Å². The standard InChI is InChI=1S/C20H19FN2O3/c1-13(20-22-19(23-26-20)10-11-25-14(2)24)16-8-9-17(18(21)12-16)15-6-4-3-5-7-15/h3-9,12-13H,10-11H2,1-2H3. The zero-order valence-corrected chi connectivity index (χ0v) is 14.6. The average molecular weight is 354 g/mol. The summed E-state index contributed by atoms with van der Waals surface area (Å²) in [5.41, 5.74) is 2.13. The van der Waals surface area contributed by atoms with Crippen LogP contribution in [0, 0.1) is 5.82 Å². The number of carbonyl (C=O) groups is 1. The van der Waals surface area contributed by atoms with E-state index in [9.17, 15) is 9.18 Å². The topological polar surface area (TPSA) is 65.2 Å². The minimum atomic E-state index is -0.351. The number of hydrogen-bond acceptors (Lipinski definition) is 5. The normalized spacial score (nSPS) is 12.0. The number of ether oxygens (including phenoxy) is 1. The molecular weight excluding hydrogens is 335 g/mol. The fraction of sp³-hybridized carbons (Fsp3) is 0.250. The van der Waals surface area contributed by atoms with Crippen LogP contribution < -0.4 is 0 Å². The molecule has 0 fully saturated rings. The van der Waals surface area contributed by atoms with Crippen LogP contribution in [0.3, 0.4) is 0 Å². The minimum absolute atomic E-state index is 0.198. The van der Waals surface area contributed by atoms with Gasteiger partial charge in [-0.1, -0.05) is 47.6 Å². The number of esters is 1. The van der Waals surface area contributed by atoms with Crippen molar-refractivity contribution in [3.63, 3.8) is 0 Å². The third-order valence-electron chi connectivity index (χ3n) is 4.06. The smallest absolute Gasteiger partial charge is 0.302 e. The van der Waals surface area contributed by atoms with E-state index in [4.69, 9.17) is 9.26 Å². The van der Waals surface area contributed by atoms with Gasteiger partial charge in [0.25, 0.3) is 0 Å². The molecule has 2 aromatic carbocycles. The number of benzene rings is 2. The Morgan fingerprint density at radius 2 is 2.00 bits per heavy atom. The van der Waals surface area contributed by atoms with E-state index in [0.29, 0.717) is 23.7 Å². The van der Waals surface area contributed by atoms with E-state index >= 15 is 0 Å². The summed E-state index contributed by atoms with van der Waals surface area (Å²) in [4.78, 5) is 15.1. The summed E-state index contributed by atoms with van der Waals surface area (Å²) in [6.45, 7) is 3.42. The maximum absolute atomic E-state index is 14.5. The fourth-order valence-electron chi connectivity index (χ4n) is 2.63. The summed E-state index contributed by atoms with van der Waals surface area (Å²) in [6, 6.07) is 14.5. The first-order valence-electron chi connectivity index (χ1n) is 8.35. The zero-order valence-electron chi connectivity index (χ0n) is 14.6. The second kappa shape index (κ2) is 7.91. The van der Waals surface area contributed by atoms with Gasteiger partial charge in [-0.2, -0.15) is 4.98 Å². The first-order valence-corrected chi connectivity index (χ1v) is 8.35. The van der Waals surface area contributed by atoms with Crippen LogP contribution >= 0.6 is 0 Å². The second-order valence-electron chi connectivity index (χ2n) is 5.97. The predicted octanol–water partition coefficient (Wildman–Crippen LogP) is 4.13. The molecule has 0 aliphatic carbocycles. The van der Waals surface area contributed by atoms with Crippen LogP contribution in [0.15, 0.2) is 53.1 Å². The van der Waals surface area contributed by atoms with Crippen LogP contribution in [-0.4, -0.2) is 22.7 Å². The van der Waals surface area contributed by atoms with Crippen LogP contribution in [-0.2, 0) is 16.0 Å². The lowest BCUT2D eigenvalue weighted by molar-refractivity contribution is -0.140. The Balaban J connectivity index is 1.74. The third-order valence-corrected chi connectivity index (χ3v) is 4.06. The number of nitrogens with zero attached hydrogens (tertiary/aromatic N) is 2. The summed E-state index contributed by atoms with van der Waals surface area (Å²) in [7, 11) is 0. The van der Waals surface area contributed by atoms with Gasteiger partial charge in [-0.25, -0.2) is 4.39 Å². The fourth-order valence-corrected chi connectivity index (χ4v) is 2.63. The molecule has 0 aliphatic rings. The number of hydrogen-bond donors (Lipinski definition) is 0. The molecule has 0 N–H and O–H groups in total. The van der Waals surface area contributed by atoms with E-state index in [2.05, 4.69) is 10.1 Å². The van der Waals surface area contributed by atoms with E-state index in [-0.39, 0.29) is 24.3 Å².